The molecule has 0 aromatic heterocycles. The molecule has 1 amide bonds. The fourth-order valence-corrected chi connectivity index (χ4v) is 3.83. The second kappa shape index (κ2) is 7.59. The van der Waals surface area contributed by atoms with Gasteiger partial charge in [0.2, 0.25) is 5.91 Å². The fourth-order valence-electron chi connectivity index (χ4n) is 3.83. The Morgan fingerprint density at radius 3 is 2.57 bits per heavy atom. The Labute approximate surface area is 129 Å². The van der Waals surface area contributed by atoms with Gasteiger partial charge in [0.05, 0.1) is 12.2 Å². The average Bonchev–Trinajstić information content (AvgIpc) is 3.11. The molecule has 21 heavy (non-hydrogen) atoms. The summed E-state index contributed by atoms with van der Waals surface area (Å²) in [6.45, 7) is 7.24. The van der Waals surface area contributed by atoms with Crippen LogP contribution in [0.25, 0.3) is 0 Å². The molecule has 4 atom stereocenters. The molecule has 0 aromatic carbocycles. The minimum absolute atomic E-state index is 0.00518. The maximum absolute atomic E-state index is 12.9. The largest absolute Gasteiger partial charge is 0.385 e. The maximum Gasteiger partial charge on any atom is 0.241 e. The molecule has 2 rings (SSSR count). The van der Waals surface area contributed by atoms with E-state index in [1.54, 1.807) is 7.11 Å². The topological polar surface area (TPSA) is 41.6 Å². The van der Waals surface area contributed by atoms with Crippen molar-refractivity contribution in [2.24, 2.45) is 11.8 Å². The number of hydrogen-bond donors (Lipinski definition) is 1. The zero-order valence-corrected chi connectivity index (χ0v) is 14.1. The van der Waals surface area contributed by atoms with Crippen molar-refractivity contribution in [3.05, 3.63) is 0 Å². The molecule has 4 unspecified atom stereocenters. The van der Waals surface area contributed by atoms with E-state index in [0.29, 0.717) is 17.7 Å². The number of hydrogen-bond acceptors (Lipinski definition) is 3. The predicted molar refractivity (Wildman–Crippen MR) is 84.9 cm³/mol. The number of rotatable bonds is 7. The summed E-state index contributed by atoms with van der Waals surface area (Å²) in [6, 6.07) is 0.259. The third-order valence-electron chi connectivity index (χ3n) is 5.44. The smallest absolute Gasteiger partial charge is 0.241 e. The van der Waals surface area contributed by atoms with Crippen molar-refractivity contribution in [3.8, 4) is 0 Å². The lowest BCUT2D eigenvalue weighted by atomic mass is 9.99. The van der Waals surface area contributed by atoms with Crippen molar-refractivity contribution in [1.82, 2.24) is 10.2 Å². The number of ether oxygens (including phenoxy) is 1. The molecule has 4 heteroatoms. The lowest BCUT2D eigenvalue weighted by Crippen LogP contribution is -2.47. The molecule has 1 saturated carbocycles. The summed E-state index contributed by atoms with van der Waals surface area (Å²) >= 11 is 0. The molecule has 4 nitrogen and oxygen atoms in total. The number of carbonyl (C=O) groups is 1. The molecule has 1 aliphatic heterocycles. The van der Waals surface area contributed by atoms with Crippen molar-refractivity contribution in [2.75, 3.05) is 13.7 Å². The number of carbonyl (C=O) groups excluding carboxylic acids is 1. The maximum atomic E-state index is 12.9. The van der Waals surface area contributed by atoms with Gasteiger partial charge in [-0.2, -0.15) is 0 Å². The van der Waals surface area contributed by atoms with Gasteiger partial charge in [-0.3, -0.25) is 10.1 Å². The molecular formula is C17H32N2O2. The van der Waals surface area contributed by atoms with Gasteiger partial charge in [0.25, 0.3) is 0 Å². The Morgan fingerprint density at radius 1 is 1.33 bits per heavy atom. The molecule has 2 aliphatic rings. The van der Waals surface area contributed by atoms with Crippen LogP contribution in [0.3, 0.4) is 0 Å². The number of nitrogens with zero attached hydrogens (tertiary/aromatic N) is 1. The van der Waals surface area contributed by atoms with Crippen molar-refractivity contribution in [3.63, 3.8) is 0 Å². The van der Waals surface area contributed by atoms with E-state index in [1.165, 1.54) is 25.7 Å². The summed E-state index contributed by atoms with van der Waals surface area (Å²) in [5, 5.41) is 3.68. The van der Waals surface area contributed by atoms with E-state index in [0.717, 1.165) is 19.4 Å². The molecule has 0 aromatic rings. The van der Waals surface area contributed by atoms with E-state index in [9.17, 15) is 4.79 Å². The van der Waals surface area contributed by atoms with E-state index in [1.807, 2.05) is 0 Å². The lowest BCUT2D eigenvalue weighted by Gasteiger charge is -2.33. The molecule has 1 N–H and O–H groups in total. The van der Waals surface area contributed by atoms with Crippen LogP contribution in [-0.4, -0.2) is 42.8 Å². The van der Waals surface area contributed by atoms with Crippen LogP contribution in [0.1, 0.15) is 59.3 Å². The SMILES string of the molecule is CCC(C)C1NC(C2CCCC2)N(C(C)CCOC)C1=O. The van der Waals surface area contributed by atoms with E-state index in [2.05, 4.69) is 31.0 Å². The second-order valence-electron chi connectivity index (χ2n) is 6.90. The third kappa shape index (κ3) is 3.59. The van der Waals surface area contributed by atoms with Gasteiger partial charge in [-0.15, -0.1) is 0 Å². The molecule has 0 spiro atoms. The molecule has 0 bridgehead atoms. The molecule has 1 heterocycles. The standard InChI is InChI=1S/C17H32N2O2/c1-5-12(2)15-17(20)19(13(3)10-11-21-4)16(18-15)14-8-6-7-9-14/h12-16,18H,5-11H2,1-4H3. The first-order valence-electron chi connectivity index (χ1n) is 8.67. The van der Waals surface area contributed by atoms with Crippen LogP contribution in [0.4, 0.5) is 0 Å². The highest BCUT2D eigenvalue weighted by Gasteiger charge is 2.46. The summed E-state index contributed by atoms with van der Waals surface area (Å²) < 4.78 is 5.21. The third-order valence-corrected chi connectivity index (χ3v) is 5.44. The Bertz CT molecular complexity index is 342. The van der Waals surface area contributed by atoms with Gasteiger partial charge in [-0.05, 0) is 38.0 Å². The Hall–Kier alpha value is -0.610. The highest BCUT2D eigenvalue weighted by atomic mass is 16.5. The van der Waals surface area contributed by atoms with Crippen LogP contribution >= 0.6 is 0 Å². The van der Waals surface area contributed by atoms with E-state index < -0.39 is 0 Å². The van der Waals surface area contributed by atoms with Gasteiger partial charge >= 0.3 is 0 Å². The minimum Gasteiger partial charge on any atom is -0.385 e. The van der Waals surface area contributed by atoms with E-state index in [4.69, 9.17) is 4.74 Å². The zero-order valence-electron chi connectivity index (χ0n) is 14.1. The Kier molecular flexibility index (Phi) is 6.06. The van der Waals surface area contributed by atoms with E-state index >= 15 is 0 Å². The summed E-state index contributed by atoms with van der Waals surface area (Å²) in [5.74, 6) is 1.35. The Morgan fingerprint density at radius 2 is 2.00 bits per heavy atom. The van der Waals surface area contributed by atoms with Crippen LogP contribution in [-0.2, 0) is 9.53 Å². The van der Waals surface area contributed by atoms with Crippen molar-refractivity contribution < 1.29 is 9.53 Å². The minimum atomic E-state index is 0.00518. The molecule has 1 saturated heterocycles. The van der Waals surface area contributed by atoms with Crippen LogP contribution in [0.15, 0.2) is 0 Å². The monoisotopic (exact) mass is 296 g/mol. The molecule has 2 fully saturated rings. The van der Waals surface area contributed by atoms with Crippen LogP contribution in [0.2, 0.25) is 0 Å². The molecule has 1 aliphatic carbocycles. The number of nitrogens with one attached hydrogen (secondary N) is 1. The summed E-state index contributed by atoms with van der Waals surface area (Å²) in [5.41, 5.74) is 0. The first kappa shape index (κ1) is 16.8. The first-order valence-corrected chi connectivity index (χ1v) is 8.67. The van der Waals surface area contributed by atoms with Gasteiger partial charge in [0.15, 0.2) is 0 Å². The van der Waals surface area contributed by atoms with Crippen LogP contribution in [0, 0.1) is 11.8 Å². The Balaban J connectivity index is 2.12. The lowest BCUT2D eigenvalue weighted by molar-refractivity contribution is -0.133. The summed E-state index contributed by atoms with van der Waals surface area (Å²) in [7, 11) is 1.73. The van der Waals surface area contributed by atoms with E-state index in [-0.39, 0.29) is 18.2 Å². The summed E-state index contributed by atoms with van der Waals surface area (Å²) in [6.07, 6.45) is 7.33. The van der Waals surface area contributed by atoms with Crippen molar-refractivity contribution in [1.29, 1.82) is 0 Å². The molecule has 122 valence electrons. The average molecular weight is 296 g/mol. The van der Waals surface area contributed by atoms with Crippen LogP contribution in [0.5, 0.6) is 0 Å². The number of amides is 1. The van der Waals surface area contributed by atoms with Gasteiger partial charge in [0, 0.05) is 19.8 Å². The molecule has 0 radical (unpaired) electrons. The fraction of sp³-hybridized carbons (Fsp3) is 0.941. The molecular weight excluding hydrogens is 264 g/mol. The summed E-state index contributed by atoms with van der Waals surface area (Å²) in [4.78, 5) is 15.0. The zero-order chi connectivity index (χ0) is 15.4. The van der Waals surface area contributed by atoms with Gasteiger partial charge in [-0.25, -0.2) is 0 Å². The van der Waals surface area contributed by atoms with Gasteiger partial charge in [-0.1, -0.05) is 33.1 Å². The van der Waals surface area contributed by atoms with Crippen LogP contribution < -0.4 is 5.32 Å². The predicted octanol–water partition coefficient (Wildman–Crippen LogP) is 2.77. The van der Waals surface area contributed by atoms with Gasteiger partial charge < -0.3 is 9.64 Å². The second-order valence-corrected chi connectivity index (χ2v) is 6.90. The normalized spacial score (nSPS) is 30.1. The van der Waals surface area contributed by atoms with Gasteiger partial charge in [0.1, 0.15) is 0 Å². The first-order chi connectivity index (χ1) is 10.1. The van der Waals surface area contributed by atoms with Crippen molar-refractivity contribution in [2.45, 2.75) is 77.5 Å². The highest BCUT2D eigenvalue weighted by Crippen LogP contribution is 2.34. The number of methoxy groups -OCH3 is 1. The van der Waals surface area contributed by atoms with Crippen molar-refractivity contribution >= 4 is 5.91 Å². The highest BCUT2D eigenvalue weighted by molar-refractivity contribution is 5.85. The quantitative estimate of drug-likeness (QED) is 0.785.